The van der Waals surface area contributed by atoms with Gasteiger partial charge in [-0.3, -0.25) is 9.69 Å². The Morgan fingerprint density at radius 1 is 1.10 bits per heavy atom. The predicted octanol–water partition coefficient (Wildman–Crippen LogP) is 4.49. The van der Waals surface area contributed by atoms with Crippen LogP contribution < -0.4 is 10.6 Å². The summed E-state index contributed by atoms with van der Waals surface area (Å²) in [4.78, 5) is 14.6. The molecule has 0 bridgehead atoms. The number of likely N-dealkylation sites (tertiary alicyclic amines) is 1. The largest absolute Gasteiger partial charge is 0.326 e. The zero-order chi connectivity index (χ0) is 20.1. The number of hydrogen-bond acceptors (Lipinski definition) is 3. The molecule has 2 aliphatic rings. The molecule has 0 radical (unpaired) electrons. The fourth-order valence-corrected chi connectivity index (χ4v) is 4.57. The van der Waals surface area contributed by atoms with E-state index in [1.165, 1.54) is 30.9 Å². The first-order valence-electron chi connectivity index (χ1n) is 10.8. The summed E-state index contributed by atoms with van der Waals surface area (Å²) in [7, 11) is 0. The smallest absolute Gasteiger partial charge is 0.224 e. The van der Waals surface area contributed by atoms with Gasteiger partial charge in [0.05, 0.1) is 0 Å². The van der Waals surface area contributed by atoms with Crippen LogP contribution in [-0.2, 0) is 11.3 Å². The highest BCUT2D eigenvalue weighted by atomic mass is 19.1. The third-order valence-electron chi connectivity index (χ3n) is 6.08. The minimum Gasteiger partial charge on any atom is -0.326 e. The Kier molecular flexibility index (Phi) is 6.57. The van der Waals surface area contributed by atoms with Crippen LogP contribution in [0.2, 0.25) is 0 Å². The number of rotatable bonds is 5. The highest BCUT2D eigenvalue weighted by Crippen LogP contribution is 2.31. The summed E-state index contributed by atoms with van der Waals surface area (Å²) in [5.41, 5.74) is 2.96. The van der Waals surface area contributed by atoms with Gasteiger partial charge in [0.2, 0.25) is 5.91 Å². The van der Waals surface area contributed by atoms with Crippen LogP contribution in [0, 0.1) is 11.7 Å². The van der Waals surface area contributed by atoms with E-state index in [1.807, 2.05) is 0 Å². The third-order valence-corrected chi connectivity index (χ3v) is 6.08. The molecule has 5 heteroatoms. The van der Waals surface area contributed by atoms with Crippen molar-refractivity contribution in [3.8, 4) is 0 Å². The van der Waals surface area contributed by atoms with Gasteiger partial charge in [-0.25, -0.2) is 4.39 Å². The SMILES string of the molecule is O=C1CCC(NCC2CCCCN(Cc3ccccc3)C2)c2cc(F)ccc2N1. The normalized spacial score (nSPS) is 23.0. The van der Waals surface area contributed by atoms with Gasteiger partial charge in [0.15, 0.2) is 0 Å². The Morgan fingerprint density at radius 3 is 2.83 bits per heavy atom. The highest BCUT2D eigenvalue weighted by Gasteiger charge is 2.24. The fourth-order valence-electron chi connectivity index (χ4n) is 4.57. The van der Waals surface area contributed by atoms with E-state index < -0.39 is 0 Å². The molecule has 2 unspecified atom stereocenters. The standard InChI is InChI=1S/C24H30FN3O/c25-20-9-10-23-21(14-20)22(11-12-24(29)27-23)26-15-19-8-4-5-13-28(17-19)16-18-6-2-1-3-7-18/h1-3,6-7,9-10,14,19,22,26H,4-5,8,11-13,15-17H2,(H,27,29). The second-order valence-electron chi connectivity index (χ2n) is 8.36. The van der Waals surface area contributed by atoms with Crippen molar-refractivity contribution in [1.82, 2.24) is 10.2 Å². The van der Waals surface area contributed by atoms with Crippen molar-refractivity contribution in [2.45, 2.75) is 44.7 Å². The molecule has 0 aromatic heterocycles. The molecule has 2 aromatic carbocycles. The maximum atomic E-state index is 13.9. The lowest BCUT2D eigenvalue weighted by atomic mass is 9.98. The monoisotopic (exact) mass is 395 g/mol. The number of fused-ring (bicyclic) bond motifs is 1. The number of carbonyl (C=O) groups excluding carboxylic acids is 1. The quantitative estimate of drug-likeness (QED) is 0.784. The number of carbonyl (C=O) groups is 1. The summed E-state index contributed by atoms with van der Waals surface area (Å²) in [6, 6.07) is 15.3. The summed E-state index contributed by atoms with van der Waals surface area (Å²) >= 11 is 0. The molecule has 2 aliphatic heterocycles. The maximum Gasteiger partial charge on any atom is 0.224 e. The molecule has 1 saturated heterocycles. The number of nitrogens with zero attached hydrogens (tertiary/aromatic N) is 1. The van der Waals surface area contributed by atoms with Gasteiger partial charge in [-0.1, -0.05) is 36.8 Å². The Hall–Kier alpha value is -2.24. The summed E-state index contributed by atoms with van der Waals surface area (Å²) in [6.45, 7) is 4.09. The molecular weight excluding hydrogens is 365 g/mol. The van der Waals surface area contributed by atoms with E-state index in [0.29, 0.717) is 18.8 Å². The molecule has 2 aromatic rings. The van der Waals surface area contributed by atoms with Crippen LogP contribution in [0.3, 0.4) is 0 Å². The summed E-state index contributed by atoms with van der Waals surface area (Å²) in [6.07, 6.45) is 4.84. The fraction of sp³-hybridized carbons (Fsp3) is 0.458. The molecule has 154 valence electrons. The van der Waals surface area contributed by atoms with Crippen molar-refractivity contribution < 1.29 is 9.18 Å². The van der Waals surface area contributed by atoms with Gasteiger partial charge < -0.3 is 10.6 Å². The van der Waals surface area contributed by atoms with Gasteiger partial charge in [0.1, 0.15) is 5.82 Å². The van der Waals surface area contributed by atoms with Gasteiger partial charge in [-0.05, 0) is 67.6 Å². The molecule has 0 saturated carbocycles. The first kappa shape index (κ1) is 20.0. The average molecular weight is 396 g/mol. The highest BCUT2D eigenvalue weighted by molar-refractivity contribution is 5.92. The van der Waals surface area contributed by atoms with E-state index in [9.17, 15) is 9.18 Å². The molecule has 0 aliphatic carbocycles. The molecule has 4 rings (SSSR count). The van der Waals surface area contributed by atoms with E-state index in [4.69, 9.17) is 0 Å². The number of hydrogen-bond donors (Lipinski definition) is 2. The number of nitrogens with one attached hydrogen (secondary N) is 2. The topological polar surface area (TPSA) is 44.4 Å². The van der Waals surface area contributed by atoms with Gasteiger partial charge in [0.25, 0.3) is 0 Å². The minimum absolute atomic E-state index is 0.00507. The molecule has 1 amide bonds. The number of halogens is 1. The van der Waals surface area contributed by atoms with Gasteiger partial charge in [-0.2, -0.15) is 0 Å². The van der Waals surface area contributed by atoms with Crippen LogP contribution in [0.4, 0.5) is 10.1 Å². The Labute approximate surface area is 172 Å². The Morgan fingerprint density at radius 2 is 1.97 bits per heavy atom. The zero-order valence-electron chi connectivity index (χ0n) is 16.9. The van der Waals surface area contributed by atoms with Crippen LogP contribution in [0.15, 0.2) is 48.5 Å². The van der Waals surface area contributed by atoms with Crippen LogP contribution in [0.25, 0.3) is 0 Å². The van der Waals surface area contributed by atoms with Gasteiger partial charge >= 0.3 is 0 Å². The van der Waals surface area contributed by atoms with Crippen LogP contribution in [0.5, 0.6) is 0 Å². The molecule has 1 fully saturated rings. The summed E-state index contributed by atoms with van der Waals surface area (Å²) in [5, 5.41) is 6.57. The van der Waals surface area contributed by atoms with Crippen molar-refractivity contribution in [2.24, 2.45) is 5.92 Å². The average Bonchev–Trinajstić information content (AvgIpc) is 3.03. The summed E-state index contributed by atoms with van der Waals surface area (Å²) < 4.78 is 13.9. The molecule has 0 spiro atoms. The molecular formula is C24H30FN3O. The molecule has 2 N–H and O–H groups in total. The van der Waals surface area contributed by atoms with Crippen LogP contribution in [0.1, 0.15) is 49.3 Å². The first-order chi connectivity index (χ1) is 14.2. The van der Waals surface area contributed by atoms with E-state index in [0.717, 1.165) is 37.4 Å². The summed E-state index contributed by atoms with van der Waals surface area (Å²) in [5.74, 6) is 0.311. The minimum atomic E-state index is -0.254. The van der Waals surface area contributed by atoms with Crippen molar-refractivity contribution >= 4 is 11.6 Å². The second-order valence-corrected chi connectivity index (χ2v) is 8.36. The predicted molar refractivity (Wildman–Crippen MR) is 114 cm³/mol. The van der Waals surface area contributed by atoms with Crippen molar-refractivity contribution in [1.29, 1.82) is 0 Å². The number of amides is 1. The second kappa shape index (κ2) is 9.51. The number of benzene rings is 2. The van der Waals surface area contributed by atoms with Crippen LogP contribution >= 0.6 is 0 Å². The van der Waals surface area contributed by atoms with E-state index in [2.05, 4.69) is 45.9 Å². The van der Waals surface area contributed by atoms with E-state index in [-0.39, 0.29) is 17.8 Å². The molecule has 2 heterocycles. The Balaban J connectivity index is 1.40. The van der Waals surface area contributed by atoms with E-state index in [1.54, 1.807) is 12.1 Å². The lowest BCUT2D eigenvalue weighted by molar-refractivity contribution is -0.116. The van der Waals surface area contributed by atoms with Crippen molar-refractivity contribution in [3.63, 3.8) is 0 Å². The molecule has 29 heavy (non-hydrogen) atoms. The third kappa shape index (κ3) is 5.43. The first-order valence-corrected chi connectivity index (χ1v) is 10.8. The number of anilines is 1. The lowest BCUT2D eigenvalue weighted by Crippen LogP contribution is -2.34. The molecule has 4 nitrogen and oxygen atoms in total. The van der Waals surface area contributed by atoms with E-state index >= 15 is 0 Å². The Bertz CT molecular complexity index is 826. The van der Waals surface area contributed by atoms with Crippen molar-refractivity contribution in [3.05, 3.63) is 65.5 Å². The van der Waals surface area contributed by atoms with Crippen molar-refractivity contribution in [2.75, 3.05) is 25.0 Å². The maximum absolute atomic E-state index is 13.9. The van der Waals surface area contributed by atoms with Crippen LogP contribution in [-0.4, -0.2) is 30.4 Å². The zero-order valence-corrected chi connectivity index (χ0v) is 16.9. The van der Waals surface area contributed by atoms with Gasteiger partial charge in [-0.15, -0.1) is 0 Å². The molecule has 2 atom stereocenters. The van der Waals surface area contributed by atoms with Gasteiger partial charge in [0, 0.05) is 31.2 Å². The lowest BCUT2D eigenvalue weighted by Gasteiger charge is -2.27.